The molecule has 1 aromatic carbocycles. The zero-order valence-electron chi connectivity index (χ0n) is 9.20. The third-order valence-electron chi connectivity index (χ3n) is 2.22. The Bertz CT molecular complexity index is 560. The van der Waals surface area contributed by atoms with Crippen LogP contribution in [0.25, 0.3) is 0 Å². The van der Waals surface area contributed by atoms with E-state index in [-0.39, 0.29) is 34.9 Å². The van der Waals surface area contributed by atoms with E-state index in [0.29, 0.717) is 5.56 Å². The first kappa shape index (κ1) is 13.3. The molecule has 0 bridgehead atoms. The Labute approximate surface area is 108 Å². The maximum Gasteiger partial charge on any atom is 0.238 e. The lowest BCUT2D eigenvalue weighted by molar-refractivity contribution is 0.0965. The van der Waals surface area contributed by atoms with Gasteiger partial charge in [-0.2, -0.15) is 0 Å². The van der Waals surface area contributed by atoms with Gasteiger partial charge in [-0.25, -0.2) is 9.36 Å². The van der Waals surface area contributed by atoms with Crippen molar-refractivity contribution in [3.63, 3.8) is 0 Å². The number of benzene rings is 1. The number of aryl methyl sites for hydroxylation is 1. The largest absolute Gasteiger partial charge is 0.292 e. The highest BCUT2D eigenvalue weighted by Gasteiger charge is 2.08. The number of tetrazole rings is 1. The molecule has 7 heteroatoms. The summed E-state index contributed by atoms with van der Waals surface area (Å²) in [4.78, 5) is 11.8. The Kier molecular flexibility index (Phi) is 4.33. The standard InChI is InChI=1S/C10H11N5O.BrH/c1-14-10(11)15(13-12-14)7-9(16)8-5-3-2-4-6-8;/h2-6,11H,7H2,1H3;1H. The number of hydrogen-bond donors (Lipinski definition) is 1. The van der Waals surface area contributed by atoms with Gasteiger partial charge in [-0.3, -0.25) is 10.2 Å². The third-order valence-corrected chi connectivity index (χ3v) is 2.22. The van der Waals surface area contributed by atoms with E-state index in [1.165, 1.54) is 9.36 Å². The second-order valence-corrected chi connectivity index (χ2v) is 3.37. The van der Waals surface area contributed by atoms with E-state index in [2.05, 4.69) is 10.4 Å². The Balaban J connectivity index is 0.00000144. The predicted molar refractivity (Wildman–Crippen MR) is 65.9 cm³/mol. The number of nitrogens with one attached hydrogen (secondary N) is 1. The SMILES string of the molecule is Br.Cn1nnn(CC(=O)c2ccccc2)c1=N. The fourth-order valence-corrected chi connectivity index (χ4v) is 1.32. The summed E-state index contributed by atoms with van der Waals surface area (Å²) >= 11 is 0. The van der Waals surface area contributed by atoms with Crippen LogP contribution in [0.3, 0.4) is 0 Å². The number of halogens is 1. The highest BCUT2D eigenvalue weighted by Crippen LogP contribution is 2.00. The molecule has 2 aromatic rings. The lowest BCUT2D eigenvalue weighted by Crippen LogP contribution is -2.26. The molecule has 0 spiro atoms. The molecule has 0 atom stereocenters. The van der Waals surface area contributed by atoms with Crippen LogP contribution >= 0.6 is 17.0 Å². The molecule has 0 unspecified atom stereocenters. The molecule has 0 saturated heterocycles. The summed E-state index contributed by atoms with van der Waals surface area (Å²) in [6.45, 7) is 0.0384. The molecule has 0 fully saturated rings. The van der Waals surface area contributed by atoms with Gasteiger partial charge in [0.2, 0.25) is 5.62 Å². The van der Waals surface area contributed by atoms with Crippen molar-refractivity contribution in [2.24, 2.45) is 7.05 Å². The number of ketones is 1. The first-order valence-corrected chi connectivity index (χ1v) is 4.78. The number of hydrogen-bond acceptors (Lipinski definition) is 4. The van der Waals surface area contributed by atoms with Crippen molar-refractivity contribution in [1.82, 2.24) is 19.8 Å². The van der Waals surface area contributed by atoms with Crippen LogP contribution in [0.5, 0.6) is 0 Å². The highest BCUT2D eigenvalue weighted by molar-refractivity contribution is 8.93. The molecular formula is C10H12BrN5O. The Morgan fingerprint density at radius 3 is 2.47 bits per heavy atom. The highest BCUT2D eigenvalue weighted by atomic mass is 79.9. The molecule has 0 radical (unpaired) electrons. The summed E-state index contributed by atoms with van der Waals surface area (Å²) < 4.78 is 2.56. The predicted octanol–water partition coefficient (Wildman–Crippen LogP) is 0.557. The average Bonchev–Trinajstić information content (AvgIpc) is 2.62. The number of rotatable bonds is 3. The Morgan fingerprint density at radius 2 is 1.94 bits per heavy atom. The van der Waals surface area contributed by atoms with Gasteiger partial charge in [-0.15, -0.1) is 17.0 Å². The molecule has 0 amide bonds. The zero-order valence-corrected chi connectivity index (χ0v) is 10.9. The minimum absolute atomic E-state index is 0. The quantitative estimate of drug-likeness (QED) is 0.841. The minimum atomic E-state index is -0.0837. The van der Waals surface area contributed by atoms with E-state index in [9.17, 15) is 4.79 Å². The topological polar surface area (TPSA) is 76.6 Å². The molecule has 0 saturated carbocycles. The van der Waals surface area contributed by atoms with E-state index in [1.807, 2.05) is 6.07 Å². The summed E-state index contributed by atoms with van der Waals surface area (Å²) in [5.41, 5.74) is 0.712. The summed E-state index contributed by atoms with van der Waals surface area (Å²) in [7, 11) is 1.61. The molecule has 0 aliphatic carbocycles. The van der Waals surface area contributed by atoms with Gasteiger partial charge in [0.15, 0.2) is 5.78 Å². The first-order chi connectivity index (χ1) is 7.68. The van der Waals surface area contributed by atoms with Crippen LogP contribution < -0.4 is 5.62 Å². The molecule has 6 nitrogen and oxygen atoms in total. The van der Waals surface area contributed by atoms with Gasteiger partial charge in [-0.05, 0) is 10.4 Å². The molecule has 2 rings (SSSR count). The van der Waals surface area contributed by atoms with Gasteiger partial charge in [-0.1, -0.05) is 30.3 Å². The van der Waals surface area contributed by atoms with E-state index in [0.717, 1.165) is 0 Å². The normalized spacial score (nSPS) is 9.71. The van der Waals surface area contributed by atoms with Crippen LogP contribution in [0, 0.1) is 5.41 Å². The van der Waals surface area contributed by atoms with Gasteiger partial charge < -0.3 is 0 Å². The molecule has 90 valence electrons. The second-order valence-electron chi connectivity index (χ2n) is 3.37. The fraction of sp³-hybridized carbons (Fsp3) is 0.200. The van der Waals surface area contributed by atoms with Crippen molar-refractivity contribution >= 4 is 22.8 Å². The average molecular weight is 298 g/mol. The lowest BCUT2D eigenvalue weighted by atomic mass is 10.1. The van der Waals surface area contributed by atoms with Crippen LogP contribution in [-0.4, -0.2) is 25.6 Å². The van der Waals surface area contributed by atoms with Crippen molar-refractivity contribution in [3.05, 3.63) is 41.5 Å². The molecule has 1 aromatic heterocycles. The van der Waals surface area contributed by atoms with E-state index in [1.54, 1.807) is 31.3 Å². The monoisotopic (exact) mass is 297 g/mol. The van der Waals surface area contributed by atoms with Crippen molar-refractivity contribution in [2.75, 3.05) is 0 Å². The number of carbonyl (C=O) groups excluding carboxylic acids is 1. The summed E-state index contributed by atoms with van der Waals surface area (Å²) in [5, 5.41) is 14.9. The van der Waals surface area contributed by atoms with Gasteiger partial charge in [0.1, 0.15) is 6.54 Å². The van der Waals surface area contributed by atoms with Gasteiger partial charge >= 0.3 is 0 Å². The van der Waals surface area contributed by atoms with Crippen LogP contribution in [0.2, 0.25) is 0 Å². The summed E-state index contributed by atoms with van der Waals surface area (Å²) in [6.07, 6.45) is 0. The van der Waals surface area contributed by atoms with Gasteiger partial charge in [0.05, 0.1) is 0 Å². The minimum Gasteiger partial charge on any atom is -0.292 e. The van der Waals surface area contributed by atoms with Crippen molar-refractivity contribution < 1.29 is 4.79 Å². The zero-order chi connectivity index (χ0) is 11.5. The summed E-state index contributed by atoms with van der Waals surface area (Å²) in [5.74, 6) is -0.0837. The molecule has 1 N–H and O–H groups in total. The van der Waals surface area contributed by atoms with Crippen LogP contribution in [0.4, 0.5) is 0 Å². The van der Waals surface area contributed by atoms with Crippen molar-refractivity contribution in [1.29, 1.82) is 5.41 Å². The molecule has 1 heterocycles. The molecule has 0 aliphatic heterocycles. The first-order valence-electron chi connectivity index (χ1n) is 4.78. The van der Waals surface area contributed by atoms with E-state index in [4.69, 9.17) is 5.41 Å². The van der Waals surface area contributed by atoms with Crippen LogP contribution in [0.1, 0.15) is 10.4 Å². The lowest BCUT2D eigenvalue weighted by Gasteiger charge is -1.99. The Hall–Kier alpha value is -1.76. The Morgan fingerprint density at radius 1 is 1.29 bits per heavy atom. The van der Waals surface area contributed by atoms with E-state index < -0.39 is 0 Å². The molecule has 0 aliphatic rings. The van der Waals surface area contributed by atoms with E-state index >= 15 is 0 Å². The number of Topliss-reactive ketones (excluding diaryl/α,β-unsaturated/α-hetero) is 1. The van der Waals surface area contributed by atoms with Crippen molar-refractivity contribution in [2.45, 2.75) is 6.54 Å². The number of nitrogens with zero attached hydrogens (tertiary/aromatic N) is 4. The molecule has 17 heavy (non-hydrogen) atoms. The molecular weight excluding hydrogens is 286 g/mol. The fourth-order valence-electron chi connectivity index (χ4n) is 1.32. The van der Waals surface area contributed by atoms with Crippen molar-refractivity contribution in [3.8, 4) is 0 Å². The van der Waals surface area contributed by atoms with Crippen LogP contribution in [0.15, 0.2) is 30.3 Å². The smallest absolute Gasteiger partial charge is 0.238 e. The summed E-state index contributed by atoms with van der Waals surface area (Å²) in [6, 6.07) is 8.93. The second kappa shape index (κ2) is 5.53. The van der Waals surface area contributed by atoms with Gasteiger partial charge in [0, 0.05) is 12.6 Å². The van der Waals surface area contributed by atoms with Gasteiger partial charge in [0.25, 0.3) is 0 Å². The number of carbonyl (C=O) groups is 1. The third kappa shape index (κ3) is 2.88. The number of aromatic nitrogens is 4. The van der Waals surface area contributed by atoms with Crippen LogP contribution in [-0.2, 0) is 13.6 Å². The maximum absolute atomic E-state index is 11.8. The maximum atomic E-state index is 11.8.